The van der Waals surface area contributed by atoms with Crippen LogP contribution in [-0.2, 0) is 6.54 Å². The van der Waals surface area contributed by atoms with Gasteiger partial charge in [-0.3, -0.25) is 4.79 Å². The lowest BCUT2D eigenvalue weighted by atomic mass is 10.2. The Bertz CT molecular complexity index is 827. The minimum absolute atomic E-state index is 0.415. The molecular formula is C16H11N3O. The minimum Gasteiger partial charge on any atom is -0.342 e. The van der Waals surface area contributed by atoms with Gasteiger partial charge in [0, 0.05) is 34.4 Å². The smallest absolute Gasteiger partial charge is 0.152 e. The van der Waals surface area contributed by atoms with Crippen LogP contribution in [0.2, 0.25) is 0 Å². The van der Waals surface area contributed by atoms with Crippen molar-refractivity contribution < 1.29 is 4.79 Å². The number of fused-ring (bicyclic) bond motifs is 1. The number of benzene rings is 1. The van der Waals surface area contributed by atoms with E-state index in [1.165, 1.54) is 0 Å². The molecule has 3 aromatic rings. The molecule has 3 rings (SSSR count). The van der Waals surface area contributed by atoms with Gasteiger partial charge < -0.3 is 4.57 Å². The molecule has 4 nitrogen and oxygen atoms in total. The van der Waals surface area contributed by atoms with E-state index in [2.05, 4.69) is 11.1 Å². The summed E-state index contributed by atoms with van der Waals surface area (Å²) in [5, 5.41) is 10.0. The SMILES string of the molecule is N#Cc1ncccc1Cn1cc(C=O)c2ccccc21. The Morgan fingerprint density at radius 2 is 2.10 bits per heavy atom. The third-order valence-corrected chi connectivity index (χ3v) is 3.28. The van der Waals surface area contributed by atoms with Crippen LogP contribution in [0.5, 0.6) is 0 Å². The molecular weight excluding hydrogens is 250 g/mol. The second-order valence-electron chi connectivity index (χ2n) is 4.47. The summed E-state index contributed by atoms with van der Waals surface area (Å²) < 4.78 is 1.97. The Hall–Kier alpha value is -2.93. The molecule has 0 amide bonds. The lowest BCUT2D eigenvalue weighted by molar-refractivity contribution is 0.112. The van der Waals surface area contributed by atoms with Crippen LogP contribution in [0.3, 0.4) is 0 Å². The zero-order valence-corrected chi connectivity index (χ0v) is 10.7. The molecule has 0 bridgehead atoms. The zero-order valence-electron chi connectivity index (χ0n) is 10.7. The minimum atomic E-state index is 0.415. The monoisotopic (exact) mass is 261 g/mol. The van der Waals surface area contributed by atoms with Gasteiger partial charge in [0.05, 0.1) is 6.54 Å². The van der Waals surface area contributed by atoms with Crippen molar-refractivity contribution in [3.05, 3.63) is 65.6 Å². The Balaban J connectivity index is 2.12. The molecule has 0 saturated heterocycles. The van der Waals surface area contributed by atoms with E-state index in [-0.39, 0.29) is 0 Å². The summed E-state index contributed by atoms with van der Waals surface area (Å²) in [5.74, 6) is 0. The topological polar surface area (TPSA) is 58.7 Å². The summed E-state index contributed by atoms with van der Waals surface area (Å²) >= 11 is 0. The highest BCUT2D eigenvalue weighted by atomic mass is 16.1. The van der Waals surface area contributed by atoms with Gasteiger partial charge in [-0.15, -0.1) is 0 Å². The molecule has 96 valence electrons. The van der Waals surface area contributed by atoms with E-state index >= 15 is 0 Å². The maximum atomic E-state index is 11.1. The second-order valence-corrected chi connectivity index (χ2v) is 4.47. The van der Waals surface area contributed by atoms with E-state index in [0.717, 1.165) is 22.8 Å². The highest BCUT2D eigenvalue weighted by Crippen LogP contribution is 2.21. The fourth-order valence-corrected chi connectivity index (χ4v) is 2.35. The van der Waals surface area contributed by atoms with Gasteiger partial charge in [-0.2, -0.15) is 5.26 Å². The van der Waals surface area contributed by atoms with Crippen molar-refractivity contribution in [1.82, 2.24) is 9.55 Å². The van der Waals surface area contributed by atoms with Crippen molar-refractivity contribution in [3.63, 3.8) is 0 Å². The summed E-state index contributed by atoms with van der Waals surface area (Å²) in [6, 6.07) is 13.5. The molecule has 2 heterocycles. The Morgan fingerprint density at radius 1 is 1.25 bits per heavy atom. The largest absolute Gasteiger partial charge is 0.342 e. The van der Waals surface area contributed by atoms with Gasteiger partial charge in [-0.1, -0.05) is 24.3 Å². The Kier molecular flexibility index (Phi) is 3.02. The fourth-order valence-electron chi connectivity index (χ4n) is 2.35. The first kappa shape index (κ1) is 12.1. The van der Waals surface area contributed by atoms with Crippen molar-refractivity contribution in [3.8, 4) is 6.07 Å². The van der Waals surface area contributed by atoms with E-state index in [0.29, 0.717) is 17.8 Å². The zero-order chi connectivity index (χ0) is 13.9. The maximum absolute atomic E-state index is 11.1. The predicted octanol–water partition coefficient (Wildman–Crippen LogP) is 2.77. The average molecular weight is 261 g/mol. The lowest BCUT2D eigenvalue weighted by Crippen LogP contribution is -2.01. The summed E-state index contributed by atoms with van der Waals surface area (Å²) in [5.41, 5.74) is 2.89. The third kappa shape index (κ3) is 1.95. The molecule has 4 heteroatoms. The summed E-state index contributed by atoms with van der Waals surface area (Å²) in [7, 11) is 0. The van der Waals surface area contributed by atoms with Gasteiger partial charge in [-0.25, -0.2) is 4.98 Å². The molecule has 1 aromatic carbocycles. The van der Waals surface area contributed by atoms with Crippen molar-refractivity contribution in [2.75, 3.05) is 0 Å². The molecule has 0 aliphatic rings. The van der Waals surface area contributed by atoms with Crippen LogP contribution in [0.1, 0.15) is 21.6 Å². The average Bonchev–Trinajstić information content (AvgIpc) is 2.86. The molecule has 0 aliphatic carbocycles. The van der Waals surface area contributed by atoms with E-state index in [9.17, 15) is 4.79 Å². The predicted molar refractivity (Wildman–Crippen MR) is 75.4 cm³/mol. The van der Waals surface area contributed by atoms with E-state index < -0.39 is 0 Å². The molecule has 0 N–H and O–H groups in total. The van der Waals surface area contributed by atoms with Gasteiger partial charge in [0.25, 0.3) is 0 Å². The van der Waals surface area contributed by atoms with Crippen LogP contribution < -0.4 is 0 Å². The number of pyridine rings is 1. The first-order chi connectivity index (χ1) is 9.83. The summed E-state index contributed by atoms with van der Waals surface area (Å²) in [6.07, 6.45) is 4.27. The molecule has 20 heavy (non-hydrogen) atoms. The van der Waals surface area contributed by atoms with Crippen molar-refractivity contribution in [2.45, 2.75) is 6.54 Å². The number of rotatable bonds is 3. The van der Waals surface area contributed by atoms with Gasteiger partial charge in [0.2, 0.25) is 0 Å². The quantitative estimate of drug-likeness (QED) is 0.681. The van der Waals surface area contributed by atoms with Crippen LogP contribution in [0.15, 0.2) is 48.8 Å². The second kappa shape index (κ2) is 4.98. The normalized spacial score (nSPS) is 10.3. The lowest BCUT2D eigenvalue weighted by Gasteiger charge is -2.06. The maximum Gasteiger partial charge on any atom is 0.152 e. The third-order valence-electron chi connectivity index (χ3n) is 3.28. The Labute approximate surface area is 115 Å². The van der Waals surface area contributed by atoms with Crippen LogP contribution in [0.25, 0.3) is 10.9 Å². The number of carbonyl (C=O) groups excluding carboxylic acids is 1. The molecule has 2 aromatic heterocycles. The number of nitrogens with zero attached hydrogens (tertiary/aromatic N) is 3. The van der Waals surface area contributed by atoms with Crippen molar-refractivity contribution >= 4 is 17.2 Å². The van der Waals surface area contributed by atoms with Gasteiger partial charge in [0.15, 0.2) is 6.29 Å². The highest BCUT2D eigenvalue weighted by Gasteiger charge is 2.09. The van der Waals surface area contributed by atoms with Crippen LogP contribution >= 0.6 is 0 Å². The highest BCUT2D eigenvalue weighted by molar-refractivity contribution is 5.97. The van der Waals surface area contributed by atoms with Gasteiger partial charge >= 0.3 is 0 Å². The number of hydrogen-bond acceptors (Lipinski definition) is 3. The molecule has 0 unspecified atom stereocenters. The molecule has 0 spiro atoms. The molecule has 0 aliphatic heterocycles. The molecule has 0 radical (unpaired) electrons. The molecule has 0 atom stereocenters. The van der Waals surface area contributed by atoms with Gasteiger partial charge in [0.1, 0.15) is 11.8 Å². The molecule has 0 fully saturated rings. The van der Waals surface area contributed by atoms with E-state index in [1.807, 2.05) is 47.2 Å². The molecule has 0 saturated carbocycles. The number of aldehydes is 1. The van der Waals surface area contributed by atoms with E-state index in [4.69, 9.17) is 5.26 Å². The van der Waals surface area contributed by atoms with Crippen LogP contribution in [-0.4, -0.2) is 15.8 Å². The number of aromatic nitrogens is 2. The first-order valence-electron chi connectivity index (χ1n) is 6.20. The van der Waals surface area contributed by atoms with E-state index in [1.54, 1.807) is 6.20 Å². The number of hydrogen-bond donors (Lipinski definition) is 0. The number of para-hydroxylation sites is 1. The van der Waals surface area contributed by atoms with Crippen molar-refractivity contribution in [1.29, 1.82) is 5.26 Å². The van der Waals surface area contributed by atoms with Crippen LogP contribution in [0.4, 0.5) is 0 Å². The number of carbonyl (C=O) groups is 1. The summed E-state index contributed by atoms with van der Waals surface area (Å²) in [4.78, 5) is 15.2. The standard InChI is InChI=1S/C16H11N3O/c17-8-15-12(4-3-7-18-15)9-19-10-13(11-20)14-5-1-2-6-16(14)19/h1-7,10-11H,9H2. The first-order valence-corrected chi connectivity index (χ1v) is 6.20. The van der Waals surface area contributed by atoms with Crippen LogP contribution in [0, 0.1) is 11.3 Å². The summed E-state index contributed by atoms with van der Waals surface area (Å²) in [6.45, 7) is 0.519. The number of nitriles is 1. The van der Waals surface area contributed by atoms with Gasteiger partial charge in [-0.05, 0) is 12.1 Å². The fraction of sp³-hybridized carbons (Fsp3) is 0.0625. The van der Waals surface area contributed by atoms with Crippen molar-refractivity contribution in [2.24, 2.45) is 0 Å². The Morgan fingerprint density at radius 3 is 2.90 bits per heavy atom.